The molecule has 0 N–H and O–H groups in total. The summed E-state index contributed by atoms with van der Waals surface area (Å²) in [6.07, 6.45) is -3.29. The van der Waals surface area contributed by atoms with Crippen LogP contribution in [0.3, 0.4) is 0 Å². The molecule has 1 aliphatic heterocycles. The molecule has 0 unspecified atom stereocenters. The van der Waals surface area contributed by atoms with Crippen molar-refractivity contribution in [2.45, 2.75) is 25.9 Å². The van der Waals surface area contributed by atoms with Crippen LogP contribution < -0.4 is 0 Å². The van der Waals surface area contributed by atoms with E-state index in [2.05, 4.69) is 15.9 Å². The van der Waals surface area contributed by atoms with Gasteiger partial charge in [0.1, 0.15) is 5.82 Å². The highest BCUT2D eigenvalue weighted by Gasteiger charge is 2.37. The highest BCUT2D eigenvalue weighted by Crippen LogP contribution is 2.35. The second-order valence-electron chi connectivity index (χ2n) is 5.26. The van der Waals surface area contributed by atoms with Crippen LogP contribution in [-0.4, -0.2) is 23.9 Å². The number of rotatable bonds is 1. The lowest BCUT2D eigenvalue weighted by atomic mass is 9.98. The van der Waals surface area contributed by atoms with Gasteiger partial charge in [0.15, 0.2) is 0 Å². The average molecular weight is 368 g/mol. The Labute approximate surface area is 128 Å². The second-order valence-corrected chi connectivity index (χ2v) is 6.11. The van der Waals surface area contributed by atoms with Crippen LogP contribution in [0.2, 0.25) is 0 Å². The molecule has 1 saturated heterocycles. The standard InChI is InChI=1S/C14H14BrF4NO/c1-8-4-6-20(7-5-8)13(21)11-10(15)3-2-9(12(11)16)14(17,18)19/h2-3,8H,4-7H2,1H3. The topological polar surface area (TPSA) is 20.3 Å². The summed E-state index contributed by atoms with van der Waals surface area (Å²) in [5.74, 6) is -1.75. The Morgan fingerprint density at radius 2 is 1.86 bits per heavy atom. The SMILES string of the molecule is CC1CCN(C(=O)c2c(Br)ccc(C(F)(F)F)c2F)CC1. The van der Waals surface area contributed by atoms with Gasteiger partial charge in [0.05, 0.1) is 11.1 Å². The zero-order valence-corrected chi connectivity index (χ0v) is 12.9. The van der Waals surface area contributed by atoms with E-state index in [9.17, 15) is 22.4 Å². The van der Waals surface area contributed by atoms with Gasteiger partial charge in [-0.15, -0.1) is 0 Å². The van der Waals surface area contributed by atoms with Crippen LogP contribution in [0.4, 0.5) is 17.6 Å². The fourth-order valence-electron chi connectivity index (χ4n) is 2.34. The summed E-state index contributed by atoms with van der Waals surface area (Å²) in [5, 5.41) is 0. The minimum absolute atomic E-state index is 0.0385. The molecule has 0 spiro atoms. The molecule has 1 aromatic rings. The second kappa shape index (κ2) is 5.94. The Morgan fingerprint density at radius 1 is 1.29 bits per heavy atom. The summed E-state index contributed by atoms with van der Waals surface area (Å²) in [6.45, 7) is 2.91. The number of piperidine rings is 1. The summed E-state index contributed by atoms with van der Waals surface area (Å²) in [6, 6.07) is 1.69. The minimum Gasteiger partial charge on any atom is -0.339 e. The monoisotopic (exact) mass is 367 g/mol. The number of hydrogen-bond acceptors (Lipinski definition) is 1. The van der Waals surface area contributed by atoms with E-state index in [1.165, 1.54) is 4.90 Å². The van der Waals surface area contributed by atoms with Crippen LogP contribution in [0.25, 0.3) is 0 Å². The predicted molar refractivity (Wildman–Crippen MR) is 73.4 cm³/mol. The van der Waals surface area contributed by atoms with Gasteiger partial charge in [-0.1, -0.05) is 6.92 Å². The zero-order valence-electron chi connectivity index (χ0n) is 11.3. The van der Waals surface area contributed by atoms with Gasteiger partial charge in [0.2, 0.25) is 0 Å². The van der Waals surface area contributed by atoms with Crippen molar-refractivity contribution in [1.82, 2.24) is 4.90 Å². The molecule has 1 heterocycles. The molecule has 0 saturated carbocycles. The molecule has 1 amide bonds. The molecule has 1 aromatic carbocycles. The van der Waals surface area contributed by atoms with Crippen molar-refractivity contribution >= 4 is 21.8 Å². The van der Waals surface area contributed by atoms with Gasteiger partial charge in [-0.3, -0.25) is 4.79 Å². The summed E-state index contributed by atoms with van der Waals surface area (Å²) < 4.78 is 52.4. The van der Waals surface area contributed by atoms with E-state index in [-0.39, 0.29) is 4.47 Å². The maximum absolute atomic E-state index is 14.1. The molecular weight excluding hydrogens is 354 g/mol. The molecule has 0 bridgehead atoms. The number of carbonyl (C=O) groups is 1. The number of halogens is 5. The lowest BCUT2D eigenvalue weighted by Gasteiger charge is -2.30. The molecular formula is C14H14BrF4NO. The summed E-state index contributed by atoms with van der Waals surface area (Å²) >= 11 is 2.97. The van der Waals surface area contributed by atoms with E-state index in [1.807, 2.05) is 6.92 Å². The van der Waals surface area contributed by atoms with Crippen molar-refractivity contribution in [3.63, 3.8) is 0 Å². The first-order chi connectivity index (χ1) is 9.71. The number of benzene rings is 1. The average Bonchev–Trinajstić information content (AvgIpc) is 2.37. The molecule has 21 heavy (non-hydrogen) atoms. The van der Waals surface area contributed by atoms with E-state index in [0.717, 1.165) is 18.9 Å². The molecule has 0 aliphatic carbocycles. The lowest BCUT2D eigenvalue weighted by Crippen LogP contribution is -2.38. The van der Waals surface area contributed by atoms with E-state index in [4.69, 9.17) is 0 Å². The number of nitrogens with zero attached hydrogens (tertiary/aromatic N) is 1. The van der Waals surface area contributed by atoms with Crippen molar-refractivity contribution in [1.29, 1.82) is 0 Å². The highest BCUT2D eigenvalue weighted by atomic mass is 79.9. The van der Waals surface area contributed by atoms with Crippen LogP contribution in [0, 0.1) is 11.7 Å². The van der Waals surface area contributed by atoms with Crippen LogP contribution in [0.15, 0.2) is 16.6 Å². The quantitative estimate of drug-likeness (QED) is 0.670. The van der Waals surface area contributed by atoms with E-state index in [1.54, 1.807) is 0 Å². The molecule has 2 nitrogen and oxygen atoms in total. The first kappa shape index (κ1) is 16.3. The van der Waals surface area contributed by atoms with E-state index < -0.39 is 29.0 Å². The molecule has 0 atom stereocenters. The molecule has 116 valence electrons. The van der Waals surface area contributed by atoms with Crippen LogP contribution in [-0.2, 0) is 6.18 Å². The lowest BCUT2D eigenvalue weighted by molar-refractivity contribution is -0.140. The Balaban J connectivity index is 2.37. The van der Waals surface area contributed by atoms with Gasteiger partial charge in [0.25, 0.3) is 5.91 Å². The van der Waals surface area contributed by atoms with Crippen LogP contribution >= 0.6 is 15.9 Å². The van der Waals surface area contributed by atoms with Gasteiger partial charge < -0.3 is 4.90 Å². The molecule has 7 heteroatoms. The largest absolute Gasteiger partial charge is 0.419 e. The number of alkyl halides is 3. The van der Waals surface area contributed by atoms with Crippen LogP contribution in [0.1, 0.15) is 35.7 Å². The Morgan fingerprint density at radius 3 is 2.38 bits per heavy atom. The van der Waals surface area contributed by atoms with Crippen molar-refractivity contribution in [2.75, 3.05) is 13.1 Å². The zero-order chi connectivity index (χ0) is 15.8. The maximum atomic E-state index is 14.1. The summed E-state index contributed by atoms with van der Waals surface area (Å²) in [5.41, 5.74) is -1.96. The number of hydrogen-bond donors (Lipinski definition) is 0. The van der Waals surface area contributed by atoms with Crippen molar-refractivity contribution in [3.05, 3.63) is 33.5 Å². The van der Waals surface area contributed by atoms with Gasteiger partial charge in [0, 0.05) is 17.6 Å². The van der Waals surface area contributed by atoms with Crippen molar-refractivity contribution in [2.24, 2.45) is 5.92 Å². The Kier molecular flexibility index (Phi) is 4.60. The third-order valence-corrected chi connectivity index (χ3v) is 4.34. The normalized spacial score (nSPS) is 17.1. The Bertz CT molecular complexity index is 551. The van der Waals surface area contributed by atoms with E-state index >= 15 is 0 Å². The van der Waals surface area contributed by atoms with Crippen molar-refractivity contribution < 1.29 is 22.4 Å². The smallest absolute Gasteiger partial charge is 0.339 e. The van der Waals surface area contributed by atoms with Crippen LogP contribution in [0.5, 0.6) is 0 Å². The predicted octanol–water partition coefficient (Wildman–Crippen LogP) is 4.48. The number of amides is 1. The number of carbonyl (C=O) groups excluding carboxylic acids is 1. The molecule has 0 aromatic heterocycles. The molecule has 1 aliphatic rings. The first-order valence-electron chi connectivity index (χ1n) is 6.56. The third-order valence-electron chi connectivity index (χ3n) is 3.68. The highest BCUT2D eigenvalue weighted by molar-refractivity contribution is 9.10. The first-order valence-corrected chi connectivity index (χ1v) is 7.35. The van der Waals surface area contributed by atoms with Gasteiger partial charge >= 0.3 is 6.18 Å². The fraction of sp³-hybridized carbons (Fsp3) is 0.500. The van der Waals surface area contributed by atoms with Gasteiger partial charge in [-0.25, -0.2) is 4.39 Å². The minimum atomic E-state index is -4.82. The molecule has 1 fully saturated rings. The maximum Gasteiger partial charge on any atom is 0.419 e. The van der Waals surface area contributed by atoms with E-state index in [0.29, 0.717) is 25.1 Å². The summed E-state index contributed by atoms with van der Waals surface area (Å²) in [7, 11) is 0. The Hall–Kier alpha value is -1.11. The van der Waals surface area contributed by atoms with Gasteiger partial charge in [-0.05, 0) is 46.8 Å². The number of likely N-dealkylation sites (tertiary alicyclic amines) is 1. The van der Waals surface area contributed by atoms with Crippen molar-refractivity contribution in [3.8, 4) is 0 Å². The fourth-order valence-corrected chi connectivity index (χ4v) is 2.81. The molecule has 0 radical (unpaired) electrons. The third kappa shape index (κ3) is 3.39. The molecule has 2 rings (SSSR count). The summed E-state index contributed by atoms with van der Waals surface area (Å²) in [4.78, 5) is 13.7. The van der Waals surface area contributed by atoms with Gasteiger partial charge in [-0.2, -0.15) is 13.2 Å².